The second-order valence-electron chi connectivity index (χ2n) is 5.16. The zero-order valence-corrected chi connectivity index (χ0v) is 12.2. The minimum atomic E-state index is 0.0550. The predicted octanol–water partition coefficient (Wildman–Crippen LogP) is 4.32. The normalized spacial score (nSPS) is 11.3. The molecule has 0 atom stereocenters. The van der Waals surface area contributed by atoms with Crippen molar-refractivity contribution in [2.75, 3.05) is 5.73 Å². The summed E-state index contributed by atoms with van der Waals surface area (Å²) < 4.78 is 0. The highest BCUT2D eigenvalue weighted by atomic mass is 35.5. The highest BCUT2D eigenvalue weighted by Crippen LogP contribution is 2.38. The van der Waals surface area contributed by atoms with Gasteiger partial charge in [-0.2, -0.15) is 0 Å². The van der Waals surface area contributed by atoms with Crippen molar-refractivity contribution in [3.05, 3.63) is 53.6 Å². The van der Waals surface area contributed by atoms with Crippen LogP contribution in [-0.4, -0.2) is 15.1 Å². The maximum absolute atomic E-state index is 10.3. The number of aromatic hydroxyl groups is 1. The first kappa shape index (κ1) is 13.0. The number of pyridine rings is 1. The smallest absolute Gasteiger partial charge is 0.199 e. The van der Waals surface area contributed by atoms with E-state index >= 15 is 0 Å². The molecular weight excluding hydrogens is 298 g/mol. The molecule has 108 valence electrons. The lowest BCUT2D eigenvalue weighted by atomic mass is 10.1. The van der Waals surface area contributed by atoms with Gasteiger partial charge in [0.05, 0.1) is 21.8 Å². The van der Waals surface area contributed by atoms with Gasteiger partial charge in [-0.25, -0.2) is 4.98 Å². The third-order valence-corrected chi connectivity index (χ3v) is 4.04. The van der Waals surface area contributed by atoms with E-state index in [1.54, 1.807) is 12.1 Å². The van der Waals surface area contributed by atoms with Gasteiger partial charge in [0.1, 0.15) is 0 Å². The molecule has 0 saturated carbocycles. The topological polar surface area (TPSA) is 74.9 Å². The Morgan fingerprint density at radius 2 is 1.86 bits per heavy atom. The molecular formula is C17H12ClN3O. The third-order valence-electron chi connectivity index (χ3n) is 3.72. The number of aromatic nitrogens is 2. The fourth-order valence-corrected chi connectivity index (χ4v) is 2.98. The van der Waals surface area contributed by atoms with E-state index in [-0.39, 0.29) is 5.88 Å². The molecule has 5 heteroatoms. The predicted molar refractivity (Wildman–Crippen MR) is 90.1 cm³/mol. The molecule has 2 aromatic heterocycles. The van der Waals surface area contributed by atoms with E-state index in [1.165, 1.54) is 0 Å². The number of nitrogens with zero attached hydrogens (tertiary/aromatic N) is 1. The van der Waals surface area contributed by atoms with Crippen LogP contribution in [0, 0.1) is 0 Å². The van der Waals surface area contributed by atoms with E-state index in [4.69, 9.17) is 17.3 Å². The molecule has 0 spiro atoms. The Hall–Kier alpha value is -2.72. The number of anilines is 1. The Labute approximate surface area is 131 Å². The minimum absolute atomic E-state index is 0.0550. The summed E-state index contributed by atoms with van der Waals surface area (Å²) in [6.07, 6.45) is 0. The Morgan fingerprint density at radius 1 is 1.05 bits per heavy atom. The summed E-state index contributed by atoms with van der Waals surface area (Å²) in [5, 5.41) is 12.6. The molecule has 0 saturated heterocycles. The first-order chi connectivity index (χ1) is 10.6. The number of hydrogen-bond acceptors (Lipinski definition) is 3. The summed E-state index contributed by atoms with van der Waals surface area (Å²) in [4.78, 5) is 7.55. The largest absolute Gasteiger partial charge is 0.494 e. The number of para-hydroxylation sites is 1. The Morgan fingerprint density at radius 3 is 2.73 bits per heavy atom. The average molecular weight is 310 g/mol. The fraction of sp³-hybridized carbons (Fsp3) is 0. The summed E-state index contributed by atoms with van der Waals surface area (Å²) in [6, 6.07) is 14.8. The molecule has 4 nitrogen and oxygen atoms in total. The SMILES string of the molecule is Nc1ccc2[nH]c(O)c(-c3cc(Cl)c4ccccc4n3)c2c1. The molecule has 0 bridgehead atoms. The second-order valence-corrected chi connectivity index (χ2v) is 5.57. The molecule has 2 aromatic carbocycles. The minimum Gasteiger partial charge on any atom is -0.494 e. The van der Waals surface area contributed by atoms with Crippen LogP contribution >= 0.6 is 11.6 Å². The Kier molecular flexibility index (Phi) is 2.74. The number of halogens is 1. The number of nitrogens with one attached hydrogen (secondary N) is 1. The number of aromatic amines is 1. The van der Waals surface area contributed by atoms with Gasteiger partial charge in [-0.3, -0.25) is 0 Å². The highest BCUT2D eigenvalue weighted by molar-refractivity contribution is 6.35. The number of nitrogen functional groups attached to an aromatic ring is 1. The Balaban J connectivity index is 2.07. The number of fused-ring (bicyclic) bond motifs is 2. The number of hydrogen-bond donors (Lipinski definition) is 3. The maximum atomic E-state index is 10.3. The number of nitrogens with two attached hydrogens (primary N) is 1. The summed E-state index contributed by atoms with van der Waals surface area (Å²) in [5.74, 6) is 0.0550. The molecule has 22 heavy (non-hydrogen) atoms. The molecule has 4 aromatic rings. The van der Waals surface area contributed by atoms with Crippen LogP contribution in [0.4, 0.5) is 5.69 Å². The lowest BCUT2D eigenvalue weighted by molar-refractivity contribution is 0.460. The van der Waals surface area contributed by atoms with Crippen LogP contribution in [0.3, 0.4) is 0 Å². The van der Waals surface area contributed by atoms with Gasteiger partial charge < -0.3 is 15.8 Å². The van der Waals surface area contributed by atoms with E-state index in [2.05, 4.69) is 9.97 Å². The van der Waals surface area contributed by atoms with Gasteiger partial charge in [0.2, 0.25) is 0 Å². The first-order valence-corrected chi connectivity index (χ1v) is 7.17. The summed E-state index contributed by atoms with van der Waals surface area (Å²) in [5.41, 5.74) is 9.28. The van der Waals surface area contributed by atoms with Crippen molar-refractivity contribution in [2.24, 2.45) is 0 Å². The molecule has 4 N–H and O–H groups in total. The zero-order chi connectivity index (χ0) is 15.3. The molecule has 0 aliphatic heterocycles. The van der Waals surface area contributed by atoms with Crippen LogP contribution in [0.15, 0.2) is 48.5 Å². The van der Waals surface area contributed by atoms with Crippen LogP contribution in [0.25, 0.3) is 33.1 Å². The van der Waals surface area contributed by atoms with Gasteiger partial charge in [-0.05, 0) is 30.3 Å². The molecule has 0 unspecified atom stereocenters. The monoisotopic (exact) mass is 309 g/mol. The summed E-state index contributed by atoms with van der Waals surface area (Å²) in [6.45, 7) is 0. The Bertz CT molecular complexity index is 1020. The maximum Gasteiger partial charge on any atom is 0.199 e. The average Bonchev–Trinajstić information content (AvgIpc) is 2.82. The van der Waals surface area contributed by atoms with Crippen molar-refractivity contribution < 1.29 is 5.11 Å². The molecule has 0 radical (unpaired) electrons. The van der Waals surface area contributed by atoms with Gasteiger partial charge >= 0.3 is 0 Å². The van der Waals surface area contributed by atoms with Crippen molar-refractivity contribution in [3.8, 4) is 17.1 Å². The third kappa shape index (κ3) is 1.89. The van der Waals surface area contributed by atoms with E-state index in [0.29, 0.717) is 22.0 Å². The molecule has 4 rings (SSSR count). The van der Waals surface area contributed by atoms with E-state index < -0.39 is 0 Å². The van der Waals surface area contributed by atoms with Gasteiger partial charge in [0, 0.05) is 22.0 Å². The molecule has 0 aliphatic rings. The van der Waals surface area contributed by atoms with E-state index in [9.17, 15) is 5.11 Å². The number of rotatable bonds is 1. The van der Waals surface area contributed by atoms with Crippen molar-refractivity contribution in [1.82, 2.24) is 9.97 Å². The second kappa shape index (κ2) is 4.64. The van der Waals surface area contributed by atoms with E-state index in [1.807, 2.05) is 36.4 Å². The standard InChI is InChI=1S/C17H12ClN3O/c18-12-8-15(20-13-4-2-1-3-10(12)13)16-11-7-9(19)5-6-14(11)21-17(16)22/h1-8,21-22H,19H2. The molecule has 0 fully saturated rings. The lowest BCUT2D eigenvalue weighted by Crippen LogP contribution is -1.87. The molecule has 0 aliphatic carbocycles. The van der Waals surface area contributed by atoms with E-state index in [0.717, 1.165) is 21.8 Å². The highest BCUT2D eigenvalue weighted by Gasteiger charge is 2.16. The fourth-order valence-electron chi connectivity index (χ4n) is 2.72. The van der Waals surface area contributed by atoms with Crippen LogP contribution in [-0.2, 0) is 0 Å². The molecule has 2 heterocycles. The van der Waals surface area contributed by atoms with Crippen LogP contribution in [0.2, 0.25) is 5.02 Å². The van der Waals surface area contributed by atoms with Crippen molar-refractivity contribution >= 4 is 39.1 Å². The summed E-state index contributed by atoms with van der Waals surface area (Å²) >= 11 is 6.36. The van der Waals surface area contributed by atoms with Gasteiger partial charge in [-0.15, -0.1) is 0 Å². The van der Waals surface area contributed by atoms with Crippen LogP contribution in [0.1, 0.15) is 0 Å². The van der Waals surface area contributed by atoms with Gasteiger partial charge in [0.15, 0.2) is 5.88 Å². The summed E-state index contributed by atoms with van der Waals surface area (Å²) in [7, 11) is 0. The van der Waals surface area contributed by atoms with Gasteiger partial charge in [0.25, 0.3) is 0 Å². The quantitative estimate of drug-likeness (QED) is 0.458. The molecule has 0 amide bonds. The zero-order valence-electron chi connectivity index (χ0n) is 11.5. The van der Waals surface area contributed by atoms with Crippen molar-refractivity contribution in [3.63, 3.8) is 0 Å². The van der Waals surface area contributed by atoms with Gasteiger partial charge in [-0.1, -0.05) is 29.8 Å². The lowest BCUT2D eigenvalue weighted by Gasteiger charge is -2.05. The number of benzene rings is 2. The number of H-pyrrole nitrogens is 1. The van der Waals surface area contributed by atoms with Crippen LogP contribution < -0.4 is 5.73 Å². The van der Waals surface area contributed by atoms with Crippen LogP contribution in [0.5, 0.6) is 5.88 Å². The van der Waals surface area contributed by atoms with Crippen molar-refractivity contribution in [1.29, 1.82) is 0 Å². The first-order valence-electron chi connectivity index (χ1n) is 6.79. The van der Waals surface area contributed by atoms with Crippen molar-refractivity contribution in [2.45, 2.75) is 0 Å².